The standard InChI is InChI=1S/C19H22F3N5O2/c1-18(2,19(20,21)22)13(9-28)25-17(29)15-11-4-3-10-7-12(10)16(11)27(26-15)14-8-23-5-6-24-14/h5-6,8,10,12-13,28H,3-4,7,9H2,1-2H3,(H,25,29)/t10-,12+,13+/m1/s1. The van der Waals surface area contributed by atoms with E-state index in [1.165, 1.54) is 18.6 Å². The van der Waals surface area contributed by atoms with Gasteiger partial charge in [-0.15, -0.1) is 0 Å². The molecular formula is C19H22F3N5O2. The Balaban J connectivity index is 1.69. The first-order chi connectivity index (χ1) is 13.6. The van der Waals surface area contributed by atoms with Crippen molar-refractivity contribution in [2.45, 2.75) is 51.2 Å². The van der Waals surface area contributed by atoms with Crippen molar-refractivity contribution in [1.29, 1.82) is 0 Å². The number of aliphatic hydroxyl groups is 1. The summed E-state index contributed by atoms with van der Waals surface area (Å²) in [6, 6.07) is -1.50. The summed E-state index contributed by atoms with van der Waals surface area (Å²) in [5.74, 6) is 0.555. The lowest BCUT2D eigenvalue weighted by atomic mass is 9.83. The molecule has 0 unspecified atom stereocenters. The van der Waals surface area contributed by atoms with E-state index in [0.29, 0.717) is 18.2 Å². The van der Waals surface area contributed by atoms with E-state index in [4.69, 9.17) is 0 Å². The number of fused-ring (bicyclic) bond motifs is 3. The molecule has 0 aliphatic heterocycles. The number of nitrogens with one attached hydrogen (secondary N) is 1. The van der Waals surface area contributed by atoms with Crippen LogP contribution in [0.4, 0.5) is 13.2 Å². The van der Waals surface area contributed by atoms with E-state index in [0.717, 1.165) is 37.9 Å². The van der Waals surface area contributed by atoms with Crippen molar-refractivity contribution >= 4 is 5.91 Å². The lowest BCUT2D eigenvalue weighted by Crippen LogP contribution is -2.54. The molecule has 7 nitrogen and oxygen atoms in total. The summed E-state index contributed by atoms with van der Waals surface area (Å²) in [5, 5.41) is 16.3. The number of carbonyl (C=O) groups excluding carboxylic acids is 1. The molecule has 2 aromatic rings. The maximum absolute atomic E-state index is 13.4. The number of aromatic nitrogens is 4. The third kappa shape index (κ3) is 3.29. The van der Waals surface area contributed by atoms with Gasteiger partial charge in [0.05, 0.1) is 30.0 Å². The SMILES string of the molecule is CC(C)([C@H](CO)NC(=O)c1nn(-c2cnccn2)c2c1CC[C@@H]1C[C@H]21)C(F)(F)F. The van der Waals surface area contributed by atoms with Crippen LogP contribution in [-0.4, -0.2) is 49.6 Å². The summed E-state index contributed by atoms with van der Waals surface area (Å²) in [6.45, 7) is 1.07. The molecular weight excluding hydrogens is 387 g/mol. The van der Waals surface area contributed by atoms with Gasteiger partial charge in [-0.25, -0.2) is 9.67 Å². The maximum Gasteiger partial charge on any atom is 0.396 e. The van der Waals surface area contributed by atoms with Gasteiger partial charge in [-0.1, -0.05) is 0 Å². The molecule has 3 atom stereocenters. The highest BCUT2D eigenvalue weighted by molar-refractivity contribution is 5.94. The van der Waals surface area contributed by atoms with Gasteiger partial charge in [0.25, 0.3) is 5.91 Å². The van der Waals surface area contributed by atoms with Gasteiger partial charge in [-0.2, -0.15) is 18.3 Å². The Kier molecular flexibility index (Phi) is 4.64. The van der Waals surface area contributed by atoms with Crippen LogP contribution in [0.1, 0.15) is 54.4 Å². The summed E-state index contributed by atoms with van der Waals surface area (Å²) in [7, 11) is 0. The molecule has 2 aliphatic carbocycles. The second-order valence-electron chi connectivity index (χ2n) is 8.26. The average Bonchev–Trinajstić information content (AvgIpc) is 3.37. The summed E-state index contributed by atoms with van der Waals surface area (Å²) >= 11 is 0. The molecule has 4 rings (SSSR count). The van der Waals surface area contributed by atoms with Crippen LogP contribution in [0.25, 0.3) is 5.82 Å². The first-order valence-electron chi connectivity index (χ1n) is 9.51. The Morgan fingerprint density at radius 1 is 1.38 bits per heavy atom. The van der Waals surface area contributed by atoms with Crippen LogP contribution in [0.5, 0.6) is 0 Å². The molecule has 0 aromatic carbocycles. The molecule has 29 heavy (non-hydrogen) atoms. The van der Waals surface area contributed by atoms with Crippen LogP contribution in [-0.2, 0) is 6.42 Å². The van der Waals surface area contributed by atoms with Crippen LogP contribution in [0, 0.1) is 11.3 Å². The summed E-state index contributed by atoms with van der Waals surface area (Å²) < 4.78 is 41.7. The summed E-state index contributed by atoms with van der Waals surface area (Å²) in [6.07, 6.45) is 2.54. The number of rotatable bonds is 5. The maximum atomic E-state index is 13.4. The van der Waals surface area contributed by atoms with Crippen LogP contribution >= 0.6 is 0 Å². The minimum atomic E-state index is -4.59. The van der Waals surface area contributed by atoms with Gasteiger partial charge >= 0.3 is 6.18 Å². The Labute approximate surface area is 165 Å². The predicted octanol–water partition coefficient (Wildman–Crippen LogP) is 2.39. The van der Waals surface area contributed by atoms with E-state index in [-0.39, 0.29) is 11.6 Å². The van der Waals surface area contributed by atoms with Crippen LogP contribution in [0.2, 0.25) is 0 Å². The average molecular weight is 409 g/mol. The molecule has 2 heterocycles. The number of hydrogen-bond acceptors (Lipinski definition) is 5. The van der Waals surface area contributed by atoms with Gasteiger partial charge < -0.3 is 10.4 Å². The van der Waals surface area contributed by atoms with E-state index in [2.05, 4.69) is 20.4 Å². The normalized spacial score (nSPS) is 21.9. The Hall–Kier alpha value is -2.49. The lowest BCUT2D eigenvalue weighted by Gasteiger charge is -2.35. The fraction of sp³-hybridized carbons (Fsp3) is 0.579. The monoisotopic (exact) mass is 409 g/mol. The van der Waals surface area contributed by atoms with Crippen molar-refractivity contribution in [3.8, 4) is 5.82 Å². The van der Waals surface area contributed by atoms with E-state index in [9.17, 15) is 23.1 Å². The molecule has 2 N–H and O–H groups in total. The van der Waals surface area contributed by atoms with Crippen LogP contribution in [0.3, 0.4) is 0 Å². The fourth-order valence-electron chi connectivity index (χ4n) is 3.96. The number of halogens is 3. The molecule has 2 aromatic heterocycles. The smallest absolute Gasteiger partial charge is 0.394 e. The molecule has 156 valence electrons. The predicted molar refractivity (Wildman–Crippen MR) is 96.5 cm³/mol. The molecule has 2 aliphatic rings. The van der Waals surface area contributed by atoms with Crippen molar-refractivity contribution < 1.29 is 23.1 Å². The minimum Gasteiger partial charge on any atom is -0.394 e. The van der Waals surface area contributed by atoms with Gasteiger partial charge in [0.15, 0.2) is 11.5 Å². The number of aliphatic hydroxyl groups excluding tert-OH is 1. The van der Waals surface area contributed by atoms with Crippen LogP contribution in [0.15, 0.2) is 18.6 Å². The Bertz CT molecular complexity index is 926. The first-order valence-corrected chi connectivity index (χ1v) is 9.51. The highest BCUT2D eigenvalue weighted by Crippen LogP contribution is 2.55. The molecule has 1 saturated carbocycles. The highest BCUT2D eigenvalue weighted by atomic mass is 19.4. The van der Waals surface area contributed by atoms with Gasteiger partial charge in [0, 0.05) is 23.9 Å². The van der Waals surface area contributed by atoms with Crippen molar-refractivity contribution in [1.82, 2.24) is 25.1 Å². The molecule has 1 amide bonds. The quantitative estimate of drug-likeness (QED) is 0.791. The number of amides is 1. The minimum absolute atomic E-state index is 0.0902. The zero-order valence-electron chi connectivity index (χ0n) is 16.1. The van der Waals surface area contributed by atoms with Crippen molar-refractivity contribution in [3.05, 3.63) is 35.5 Å². The molecule has 0 saturated heterocycles. The number of nitrogens with zero attached hydrogens (tertiary/aromatic N) is 4. The van der Waals surface area contributed by atoms with Crippen molar-refractivity contribution in [2.24, 2.45) is 11.3 Å². The largest absolute Gasteiger partial charge is 0.396 e. The van der Waals surface area contributed by atoms with E-state index in [1.807, 2.05) is 0 Å². The second kappa shape index (κ2) is 6.79. The molecule has 10 heteroatoms. The second-order valence-corrected chi connectivity index (χ2v) is 8.26. The highest BCUT2D eigenvalue weighted by Gasteiger charge is 2.53. The topological polar surface area (TPSA) is 92.9 Å². The third-order valence-corrected chi connectivity index (χ3v) is 6.13. The fourth-order valence-corrected chi connectivity index (χ4v) is 3.96. The van der Waals surface area contributed by atoms with E-state index in [1.54, 1.807) is 4.68 Å². The van der Waals surface area contributed by atoms with Crippen LogP contribution < -0.4 is 5.32 Å². The zero-order chi connectivity index (χ0) is 21.0. The number of hydrogen-bond donors (Lipinski definition) is 2. The van der Waals surface area contributed by atoms with Gasteiger partial charge in [0.1, 0.15) is 0 Å². The zero-order valence-corrected chi connectivity index (χ0v) is 16.1. The Morgan fingerprint density at radius 2 is 2.14 bits per heavy atom. The van der Waals surface area contributed by atoms with E-state index >= 15 is 0 Å². The Morgan fingerprint density at radius 3 is 2.76 bits per heavy atom. The first kappa shape index (κ1) is 19.8. The summed E-state index contributed by atoms with van der Waals surface area (Å²) in [4.78, 5) is 21.2. The molecule has 0 bridgehead atoms. The third-order valence-electron chi connectivity index (χ3n) is 6.13. The van der Waals surface area contributed by atoms with Crippen molar-refractivity contribution in [2.75, 3.05) is 6.61 Å². The number of carbonyl (C=O) groups is 1. The number of alkyl halides is 3. The summed E-state index contributed by atoms with van der Waals surface area (Å²) in [5.41, 5.74) is -0.574. The van der Waals surface area contributed by atoms with Crippen molar-refractivity contribution in [3.63, 3.8) is 0 Å². The van der Waals surface area contributed by atoms with Gasteiger partial charge in [0.2, 0.25) is 0 Å². The molecule has 0 spiro atoms. The van der Waals surface area contributed by atoms with E-state index < -0.39 is 30.1 Å². The van der Waals surface area contributed by atoms with Gasteiger partial charge in [-0.3, -0.25) is 9.78 Å². The molecule has 1 fully saturated rings. The molecule has 0 radical (unpaired) electrons. The van der Waals surface area contributed by atoms with Gasteiger partial charge in [-0.05, 0) is 39.0 Å². The lowest BCUT2D eigenvalue weighted by molar-refractivity contribution is -0.223.